The Bertz CT molecular complexity index is 326. The monoisotopic (exact) mass is 208 g/mol. The van der Waals surface area contributed by atoms with E-state index in [9.17, 15) is 0 Å². The van der Waals surface area contributed by atoms with Crippen LogP contribution in [0.5, 0.6) is 0 Å². The van der Waals surface area contributed by atoms with E-state index in [-0.39, 0.29) is 0 Å². The smallest absolute Gasteiger partial charge is 0.110 e. The van der Waals surface area contributed by atoms with Crippen molar-refractivity contribution in [1.29, 1.82) is 0 Å². The summed E-state index contributed by atoms with van der Waals surface area (Å²) in [5.74, 6) is 0.876. The van der Waals surface area contributed by atoms with Crippen molar-refractivity contribution in [2.75, 3.05) is 0 Å². The number of aryl methyl sites for hydroxylation is 1. The first kappa shape index (κ1) is 8.86. The van der Waals surface area contributed by atoms with Crippen LogP contribution in [-0.2, 0) is 0 Å². The van der Waals surface area contributed by atoms with Gasteiger partial charge in [0, 0.05) is 17.1 Å². The Kier molecular flexibility index (Phi) is 2.10. The molecule has 0 saturated heterocycles. The van der Waals surface area contributed by atoms with E-state index in [0.29, 0.717) is 6.04 Å². The second kappa shape index (κ2) is 3.31. The molecule has 2 aliphatic rings. The van der Waals surface area contributed by atoms with Crippen molar-refractivity contribution in [2.45, 2.75) is 44.7 Å². The quantitative estimate of drug-likeness (QED) is 0.823. The molecule has 0 spiro atoms. The Labute approximate surface area is 88.7 Å². The molecule has 1 heterocycles. The summed E-state index contributed by atoms with van der Waals surface area (Å²) in [4.78, 5) is 4.61. The number of nitrogens with one attached hydrogen (secondary N) is 1. The standard InChI is InChI=1S/C11H16N2S/c1-7-6-14-11(12-7)10(8-2-3-8)13-9-4-5-9/h6,8-10,13H,2-5H2,1H3. The van der Waals surface area contributed by atoms with Crippen LogP contribution >= 0.6 is 11.3 Å². The Morgan fingerprint density at radius 3 is 2.71 bits per heavy atom. The molecule has 0 amide bonds. The lowest BCUT2D eigenvalue weighted by atomic mass is 10.2. The Morgan fingerprint density at radius 1 is 1.43 bits per heavy atom. The van der Waals surface area contributed by atoms with E-state index in [0.717, 1.165) is 12.0 Å². The molecular formula is C11H16N2S. The van der Waals surface area contributed by atoms with E-state index in [1.807, 2.05) is 11.3 Å². The molecule has 1 atom stereocenters. The summed E-state index contributed by atoms with van der Waals surface area (Å²) in [5, 5.41) is 7.21. The molecule has 1 unspecified atom stereocenters. The minimum Gasteiger partial charge on any atom is -0.305 e. The maximum absolute atomic E-state index is 4.61. The van der Waals surface area contributed by atoms with Crippen molar-refractivity contribution in [3.05, 3.63) is 16.1 Å². The van der Waals surface area contributed by atoms with Gasteiger partial charge < -0.3 is 5.32 Å². The van der Waals surface area contributed by atoms with E-state index in [1.54, 1.807) is 0 Å². The van der Waals surface area contributed by atoms with Gasteiger partial charge in [-0.2, -0.15) is 0 Å². The molecule has 0 aromatic carbocycles. The van der Waals surface area contributed by atoms with Crippen LogP contribution in [0.15, 0.2) is 5.38 Å². The van der Waals surface area contributed by atoms with Gasteiger partial charge in [-0.3, -0.25) is 0 Å². The third-order valence-electron chi connectivity index (χ3n) is 2.99. The number of rotatable bonds is 4. The van der Waals surface area contributed by atoms with E-state index in [4.69, 9.17) is 0 Å². The number of thiazole rings is 1. The fourth-order valence-electron chi connectivity index (χ4n) is 1.86. The van der Waals surface area contributed by atoms with Crippen LogP contribution < -0.4 is 5.32 Å². The lowest BCUT2D eigenvalue weighted by Crippen LogP contribution is -2.24. The summed E-state index contributed by atoms with van der Waals surface area (Å²) in [7, 11) is 0. The number of nitrogens with zero attached hydrogens (tertiary/aromatic N) is 1. The van der Waals surface area contributed by atoms with Crippen molar-refractivity contribution >= 4 is 11.3 Å². The minimum atomic E-state index is 0.571. The molecule has 0 radical (unpaired) electrons. The fraction of sp³-hybridized carbons (Fsp3) is 0.727. The van der Waals surface area contributed by atoms with Gasteiger partial charge in [0.05, 0.1) is 6.04 Å². The zero-order valence-electron chi connectivity index (χ0n) is 8.49. The Hall–Kier alpha value is -0.410. The molecule has 2 saturated carbocycles. The van der Waals surface area contributed by atoms with Crippen LogP contribution in [-0.4, -0.2) is 11.0 Å². The molecule has 76 valence electrons. The molecule has 2 fully saturated rings. The summed E-state index contributed by atoms with van der Waals surface area (Å²) in [6.45, 7) is 2.08. The molecule has 2 aliphatic carbocycles. The molecule has 0 aliphatic heterocycles. The van der Waals surface area contributed by atoms with Gasteiger partial charge >= 0.3 is 0 Å². The normalized spacial score (nSPS) is 23.8. The number of hydrogen-bond acceptors (Lipinski definition) is 3. The van der Waals surface area contributed by atoms with Crippen LogP contribution in [0.3, 0.4) is 0 Å². The highest BCUT2D eigenvalue weighted by atomic mass is 32.1. The van der Waals surface area contributed by atoms with Gasteiger partial charge in [-0.15, -0.1) is 11.3 Å². The van der Waals surface area contributed by atoms with E-state index >= 15 is 0 Å². The summed E-state index contributed by atoms with van der Waals surface area (Å²) in [6, 6.07) is 1.37. The van der Waals surface area contributed by atoms with Crippen molar-refractivity contribution in [3.63, 3.8) is 0 Å². The highest BCUT2D eigenvalue weighted by Crippen LogP contribution is 2.43. The summed E-state index contributed by atoms with van der Waals surface area (Å²) >= 11 is 1.82. The Balaban J connectivity index is 1.75. The molecule has 1 aromatic rings. The van der Waals surface area contributed by atoms with Gasteiger partial charge in [-0.1, -0.05) is 0 Å². The zero-order chi connectivity index (χ0) is 9.54. The third-order valence-corrected chi connectivity index (χ3v) is 4.03. The maximum atomic E-state index is 4.61. The molecule has 0 bridgehead atoms. The van der Waals surface area contributed by atoms with E-state index in [2.05, 4.69) is 22.6 Å². The van der Waals surface area contributed by atoms with E-state index < -0.39 is 0 Å². The number of aromatic nitrogens is 1. The molecule has 14 heavy (non-hydrogen) atoms. The van der Waals surface area contributed by atoms with Gasteiger partial charge in [0.25, 0.3) is 0 Å². The summed E-state index contributed by atoms with van der Waals surface area (Å²) in [5.41, 5.74) is 1.17. The molecule has 1 N–H and O–H groups in total. The summed E-state index contributed by atoms with van der Waals surface area (Å²) in [6.07, 6.45) is 5.52. The number of hydrogen-bond donors (Lipinski definition) is 1. The zero-order valence-corrected chi connectivity index (χ0v) is 9.31. The van der Waals surface area contributed by atoms with Crippen molar-refractivity contribution in [1.82, 2.24) is 10.3 Å². The second-order valence-electron chi connectivity index (χ2n) is 4.58. The molecular weight excluding hydrogens is 192 g/mol. The summed E-state index contributed by atoms with van der Waals surface area (Å²) < 4.78 is 0. The minimum absolute atomic E-state index is 0.571. The van der Waals surface area contributed by atoms with Crippen LogP contribution in [0.1, 0.15) is 42.4 Å². The predicted molar refractivity (Wildman–Crippen MR) is 58.5 cm³/mol. The first-order valence-electron chi connectivity index (χ1n) is 5.51. The topological polar surface area (TPSA) is 24.9 Å². The maximum Gasteiger partial charge on any atom is 0.110 e. The average molecular weight is 208 g/mol. The third kappa shape index (κ3) is 1.84. The largest absolute Gasteiger partial charge is 0.305 e. The van der Waals surface area contributed by atoms with Crippen LogP contribution in [0.25, 0.3) is 0 Å². The van der Waals surface area contributed by atoms with Crippen molar-refractivity contribution in [2.24, 2.45) is 5.92 Å². The van der Waals surface area contributed by atoms with Gasteiger partial charge in [-0.25, -0.2) is 4.98 Å². The second-order valence-corrected chi connectivity index (χ2v) is 5.47. The van der Waals surface area contributed by atoms with Crippen LogP contribution in [0, 0.1) is 12.8 Å². The first-order valence-corrected chi connectivity index (χ1v) is 6.39. The molecule has 3 rings (SSSR count). The van der Waals surface area contributed by atoms with E-state index in [1.165, 1.54) is 36.4 Å². The lowest BCUT2D eigenvalue weighted by Gasteiger charge is -2.14. The first-order chi connectivity index (χ1) is 6.83. The van der Waals surface area contributed by atoms with Crippen LogP contribution in [0.4, 0.5) is 0 Å². The fourth-order valence-corrected chi connectivity index (χ4v) is 2.81. The Morgan fingerprint density at radius 2 is 2.21 bits per heavy atom. The van der Waals surface area contributed by atoms with Gasteiger partial charge in [-0.05, 0) is 38.5 Å². The predicted octanol–water partition coefficient (Wildman–Crippen LogP) is 2.65. The molecule has 2 nitrogen and oxygen atoms in total. The van der Waals surface area contributed by atoms with Gasteiger partial charge in [0.1, 0.15) is 5.01 Å². The highest BCUT2D eigenvalue weighted by Gasteiger charge is 2.37. The van der Waals surface area contributed by atoms with Crippen molar-refractivity contribution < 1.29 is 0 Å². The van der Waals surface area contributed by atoms with Gasteiger partial charge in [0.2, 0.25) is 0 Å². The van der Waals surface area contributed by atoms with Gasteiger partial charge in [0.15, 0.2) is 0 Å². The SMILES string of the molecule is Cc1csc(C(NC2CC2)C2CC2)n1. The van der Waals surface area contributed by atoms with Crippen LogP contribution in [0.2, 0.25) is 0 Å². The average Bonchev–Trinajstić information content (AvgIpc) is 3.04. The molecule has 3 heteroatoms. The highest BCUT2D eigenvalue weighted by molar-refractivity contribution is 7.09. The molecule has 1 aromatic heterocycles. The lowest BCUT2D eigenvalue weighted by molar-refractivity contribution is 0.475. The van der Waals surface area contributed by atoms with Crippen molar-refractivity contribution in [3.8, 4) is 0 Å².